The highest BCUT2D eigenvalue weighted by Crippen LogP contribution is 1.79. The van der Waals surface area contributed by atoms with Crippen molar-refractivity contribution in [3.05, 3.63) is 0 Å². The van der Waals surface area contributed by atoms with Crippen LogP contribution in [0.5, 0.6) is 0 Å². The molecule has 0 aromatic heterocycles. The maximum absolute atomic E-state index is 4.44. The largest absolute Gasteiger partial charge is 0.240 e. The molecule has 6 heavy (non-hydrogen) atoms. The van der Waals surface area contributed by atoms with E-state index in [1.54, 1.807) is 0 Å². The van der Waals surface area contributed by atoms with E-state index in [-0.39, 0.29) is 0 Å². The fraction of sp³-hybridized carbons (Fsp3) is 1.00. The summed E-state index contributed by atoms with van der Waals surface area (Å²) in [6.45, 7) is 0.608. The molecular weight excluding hydrogens is 148 g/mol. The molecule has 0 rings (SSSR count). The minimum Gasteiger partial charge on any atom is -0.240 e. The van der Waals surface area contributed by atoms with Gasteiger partial charge in [-0.3, -0.25) is 0 Å². The van der Waals surface area contributed by atoms with Crippen molar-refractivity contribution in [2.45, 2.75) is 0 Å². The van der Waals surface area contributed by atoms with Gasteiger partial charge in [-0.15, -0.1) is 0 Å². The lowest BCUT2D eigenvalue weighted by Gasteiger charge is -1.90. The molecule has 0 heterocycles. The van der Waals surface area contributed by atoms with Crippen LogP contribution in [0.15, 0.2) is 0 Å². The van der Waals surface area contributed by atoms with Gasteiger partial charge < -0.3 is 0 Å². The quantitative estimate of drug-likeness (QED) is 0.261. The molecule has 3 heteroatoms. The molecule has 0 aromatic rings. The number of hydrogen-bond acceptors (Lipinski definition) is 2. The van der Waals surface area contributed by atoms with Gasteiger partial charge in [0.15, 0.2) is 0 Å². The molecular formula is C3H7BrO2. The van der Waals surface area contributed by atoms with Crippen LogP contribution in [0.4, 0.5) is 0 Å². The second-order valence-electron chi connectivity index (χ2n) is 0.678. The van der Waals surface area contributed by atoms with Gasteiger partial charge in [0, 0.05) is 5.33 Å². The first kappa shape index (κ1) is 6.40. The molecule has 0 fully saturated rings. The molecule has 0 radical (unpaired) electrons. The lowest BCUT2D eigenvalue weighted by molar-refractivity contribution is -0.267. The maximum Gasteiger partial charge on any atom is 0.0918 e. The molecule has 0 amide bonds. The summed E-state index contributed by atoms with van der Waals surface area (Å²) in [6.07, 6.45) is 0. The standard InChI is InChI=1S/C3H7BrO2/c1-5-6-3-2-4/h2-3H2,1H3. The van der Waals surface area contributed by atoms with Crippen molar-refractivity contribution in [2.24, 2.45) is 0 Å². The monoisotopic (exact) mass is 154 g/mol. The first-order chi connectivity index (χ1) is 2.91. The zero-order chi connectivity index (χ0) is 4.83. The molecule has 0 saturated heterocycles. The number of hydrogen-bond donors (Lipinski definition) is 0. The predicted octanol–water partition coefficient (Wildman–Crippen LogP) is 0.959. The molecule has 0 aliphatic rings. The van der Waals surface area contributed by atoms with Crippen molar-refractivity contribution >= 4 is 15.9 Å². The van der Waals surface area contributed by atoms with E-state index in [2.05, 4.69) is 25.7 Å². The minimum absolute atomic E-state index is 0.608. The third-order valence-electron chi connectivity index (χ3n) is 0.278. The second kappa shape index (κ2) is 5.40. The van der Waals surface area contributed by atoms with Crippen LogP contribution in [0.1, 0.15) is 0 Å². The average molecular weight is 155 g/mol. The molecule has 0 atom stereocenters. The third kappa shape index (κ3) is 4.40. The van der Waals surface area contributed by atoms with Gasteiger partial charge in [-0.2, -0.15) is 0 Å². The van der Waals surface area contributed by atoms with Crippen LogP contribution in [0, 0.1) is 0 Å². The topological polar surface area (TPSA) is 18.5 Å². The van der Waals surface area contributed by atoms with E-state index in [0.717, 1.165) is 5.33 Å². The van der Waals surface area contributed by atoms with Crippen molar-refractivity contribution in [1.82, 2.24) is 0 Å². The van der Waals surface area contributed by atoms with E-state index in [1.165, 1.54) is 7.11 Å². The van der Waals surface area contributed by atoms with Crippen molar-refractivity contribution in [3.63, 3.8) is 0 Å². The van der Waals surface area contributed by atoms with Crippen LogP contribution in [-0.4, -0.2) is 19.0 Å². The third-order valence-corrected chi connectivity index (χ3v) is 0.602. The highest BCUT2D eigenvalue weighted by atomic mass is 79.9. The molecule has 0 N–H and O–H groups in total. The Kier molecular flexibility index (Phi) is 5.76. The van der Waals surface area contributed by atoms with Gasteiger partial charge in [-0.1, -0.05) is 15.9 Å². The molecule has 2 nitrogen and oxygen atoms in total. The first-order valence-corrected chi connectivity index (χ1v) is 2.75. The molecule has 0 spiro atoms. The Morgan fingerprint density at radius 1 is 1.67 bits per heavy atom. The van der Waals surface area contributed by atoms with Crippen LogP contribution in [0.3, 0.4) is 0 Å². The Morgan fingerprint density at radius 3 is 2.50 bits per heavy atom. The smallest absolute Gasteiger partial charge is 0.0918 e. The van der Waals surface area contributed by atoms with E-state index in [0.29, 0.717) is 6.61 Å². The molecule has 0 aliphatic carbocycles. The number of alkyl halides is 1. The highest BCUT2D eigenvalue weighted by Gasteiger charge is 1.75. The Hall–Kier alpha value is 0.400. The minimum atomic E-state index is 0.608. The number of rotatable bonds is 3. The van der Waals surface area contributed by atoms with Gasteiger partial charge in [-0.25, -0.2) is 9.78 Å². The Morgan fingerprint density at radius 2 is 2.33 bits per heavy atom. The van der Waals surface area contributed by atoms with Gasteiger partial charge in [0.2, 0.25) is 0 Å². The summed E-state index contributed by atoms with van der Waals surface area (Å²) in [4.78, 5) is 8.69. The van der Waals surface area contributed by atoms with E-state index in [9.17, 15) is 0 Å². The van der Waals surface area contributed by atoms with Crippen molar-refractivity contribution < 1.29 is 9.78 Å². The fourth-order valence-electron chi connectivity index (χ4n) is 0.115. The van der Waals surface area contributed by atoms with Gasteiger partial charge >= 0.3 is 0 Å². The molecule has 0 aliphatic heterocycles. The Bertz CT molecular complexity index is 20.8. The molecule has 0 bridgehead atoms. The van der Waals surface area contributed by atoms with Crippen molar-refractivity contribution in [2.75, 3.05) is 19.0 Å². The van der Waals surface area contributed by atoms with Crippen LogP contribution in [-0.2, 0) is 9.78 Å². The van der Waals surface area contributed by atoms with E-state index < -0.39 is 0 Å². The zero-order valence-electron chi connectivity index (χ0n) is 3.61. The predicted molar refractivity (Wildman–Crippen MR) is 26.8 cm³/mol. The normalized spacial score (nSPS) is 9.00. The summed E-state index contributed by atoms with van der Waals surface area (Å²) in [5.41, 5.74) is 0. The maximum atomic E-state index is 4.44. The lowest BCUT2D eigenvalue weighted by Crippen LogP contribution is -1.91. The van der Waals surface area contributed by atoms with Crippen molar-refractivity contribution in [1.29, 1.82) is 0 Å². The van der Waals surface area contributed by atoms with Crippen LogP contribution in [0.25, 0.3) is 0 Å². The zero-order valence-corrected chi connectivity index (χ0v) is 5.19. The molecule has 0 unspecified atom stereocenters. The molecule has 38 valence electrons. The van der Waals surface area contributed by atoms with Gasteiger partial charge in [-0.05, 0) is 0 Å². The fourth-order valence-corrected chi connectivity index (χ4v) is 0.247. The Balaban J connectivity index is 2.34. The van der Waals surface area contributed by atoms with Crippen LogP contribution < -0.4 is 0 Å². The second-order valence-corrected chi connectivity index (χ2v) is 1.47. The van der Waals surface area contributed by atoms with Crippen LogP contribution in [0.2, 0.25) is 0 Å². The number of halogens is 1. The first-order valence-electron chi connectivity index (χ1n) is 1.63. The Labute approximate surface area is 45.5 Å². The van der Waals surface area contributed by atoms with E-state index in [1.807, 2.05) is 0 Å². The SMILES string of the molecule is COOCCBr. The molecule has 0 aromatic carbocycles. The summed E-state index contributed by atoms with van der Waals surface area (Å²) in [5, 5.41) is 0.820. The van der Waals surface area contributed by atoms with Gasteiger partial charge in [0.25, 0.3) is 0 Å². The van der Waals surface area contributed by atoms with Crippen molar-refractivity contribution in [3.8, 4) is 0 Å². The summed E-state index contributed by atoms with van der Waals surface area (Å²) in [5.74, 6) is 0. The lowest BCUT2D eigenvalue weighted by atomic mass is 10.9. The molecule has 0 saturated carbocycles. The van der Waals surface area contributed by atoms with E-state index in [4.69, 9.17) is 0 Å². The van der Waals surface area contributed by atoms with Crippen LogP contribution >= 0.6 is 15.9 Å². The van der Waals surface area contributed by atoms with Gasteiger partial charge in [0.1, 0.15) is 0 Å². The van der Waals surface area contributed by atoms with E-state index >= 15 is 0 Å². The van der Waals surface area contributed by atoms with Gasteiger partial charge in [0.05, 0.1) is 13.7 Å². The summed E-state index contributed by atoms with van der Waals surface area (Å²) >= 11 is 3.15. The summed E-state index contributed by atoms with van der Waals surface area (Å²) in [6, 6.07) is 0. The highest BCUT2D eigenvalue weighted by molar-refractivity contribution is 9.09. The average Bonchev–Trinajstić information content (AvgIpc) is 1.61. The summed E-state index contributed by atoms with van der Waals surface area (Å²) in [7, 11) is 1.49. The summed E-state index contributed by atoms with van der Waals surface area (Å²) < 4.78 is 0.